The maximum Gasteiger partial charge on any atom is 0.348 e. The molecular weight excluding hydrogens is 488 g/mol. The molecule has 2 aromatic carbocycles. The molecular formula is C29H33N2O5S+. The fourth-order valence-corrected chi connectivity index (χ4v) is 6.54. The Morgan fingerprint density at radius 1 is 1.03 bits per heavy atom. The van der Waals surface area contributed by atoms with Crippen molar-refractivity contribution in [1.82, 2.24) is 5.32 Å². The van der Waals surface area contributed by atoms with E-state index in [4.69, 9.17) is 9.47 Å². The van der Waals surface area contributed by atoms with Gasteiger partial charge in [0, 0.05) is 18.8 Å². The number of fused-ring (bicyclic) bond motifs is 3. The lowest BCUT2D eigenvalue weighted by Gasteiger charge is -2.52. The number of hydrogen-bond donors (Lipinski definition) is 2. The van der Waals surface area contributed by atoms with Crippen LogP contribution in [0.2, 0.25) is 0 Å². The molecule has 3 aliphatic heterocycles. The number of nitrogens with zero attached hydrogens (tertiary/aromatic N) is 1. The third-order valence-electron chi connectivity index (χ3n) is 7.91. The van der Waals surface area contributed by atoms with Gasteiger partial charge in [-0.3, -0.25) is 4.79 Å². The Morgan fingerprint density at radius 3 is 2.24 bits per heavy atom. The minimum absolute atomic E-state index is 0.129. The van der Waals surface area contributed by atoms with Crippen LogP contribution in [0.25, 0.3) is 0 Å². The zero-order valence-corrected chi connectivity index (χ0v) is 21.8. The maximum absolute atomic E-state index is 13.7. The molecule has 0 aliphatic carbocycles. The van der Waals surface area contributed by atoms with Crippen molar-refractivity contribution in [2.75, 3.05) is 39.8 Å². The minimum Gasteiger partial charge on any atom is -0.495 e. The molecule has 194 valence electrons. The number of carbonyl (C=O) groups is 2. The van der Waals surface area contributed by atoms with E-state index in [-0.39, 0.29) is 17.9 Å². The molecule has 1 atom stereocenters. The SMILES string of the molecule is COc1ccsc1C(=O)NCC[N+]12CCC(CC1)[C@@H](OC(=O)C(O)(c1ccccc1)c1ccccc1)C2. The average Bonchev–Trinajstić information content (AvgIpc) is 3.43. The minimum atomic E-state index is -1.88. The third-order valence-corrected chi connectivity index (χ3v) is 8.80. The van der Waals surface area contributed by atoms with Gasteiger partial charge < -0.3 is 24.4 Å². The van der Waals surface area contributed by atoms with Crippen molar-refractivity contribution >= 4 is 23.2 Å². The molecule has 4 heterocycles. The van der Waals surface area contributed by atoms with Crippen LogP contribution in [0, 0.1) is 5.92 Å². The zero-order chi connectivity index (χ0) is 25.9. The van der Waals surface area contributed by atoms with Crippen molar-refractivity contribution in [2.45, 2.75) is 24.5 Å². The van der Waals surface area contributed by atoms with E-state index in [0.717, 1.165) is 37.0 Å². The first kappa shape index (κ1) is 25.4. The quantitative estimate of drug-likeness (QED) is 0.332. The lowest BCUT2D eigenvalue weighted by molar-refractivity contribution is -0.945. The fourth-order valence-electron chi connectivity index (χ4n) is 5.76. The van der Waals surface area contributed by atoms with E-state index in [2.05, 4.69) is 5.32 Å². The molecule has 37 heavy (non-hydrogen) atoms. The van der Waals surface area contributed by atoms with Crippen LogP contribution in [0.5, 0.6) is 5.75 Å². The van der Waals surface area contributed by atoms with E-state index in [9.17, 15) is 14.7 Å². The Balaban J connectivity index is 1.27. The number of benzene rings is 2. The molecule has 1 aromatic heterocycles. The van der Waals surface area contributed by atoms with Crippen molar-refractivity contribution in [2.24, 2.45) is 5.92 Å². The summed E-state index contributed by atoms with van der Waals surface area (Å²) >= 11 is 1.36. The van der Waals surface area contributed by atoms with Gasteiger partial charge in [-0.2, -0.15) is 0 Å². The van der Waals surface area contributed by atoms with Crippen molar-refractivity contribution in [1.29, 1.82) is 0 Å². The van der Waals surface area contributed by atoms with E-state index in [1.54, 1.807) is 37.4 Å². The molecule has 0 unspecified atom stereocenters. The van der Waals surface area contributed by atoms with E-state index < -0.39 is 11.6 Å². The second-order valence-electron chi connectivity index (χ2n) is 9.99. The summed E-state index contributed by atoms with van der Waals surface area (Å²) in [6, 6.07) is 19.8. The number of esters is 1. The Kier molecular flexibility index (Phi) is 7.33. The molecule has 2 bridgehead atoms. The Hall–Kier alpha value is -3.20. The van der Waals surface area contributed by atoms with Crippen LogP contribution >= 0.6 is 11.3 Å². The number of hydrogen-bond acceptors (Lipinski definition) is 6. The first-order valence-electron chi connectivity index (χ1n) is 12.7. The van der Waals surface area contributed by atoms with Crippen molar-refractivity contribution in [3.8, 4) is 5.75 Å². The predicted octanol–water partition coefficient (Wildman–Crippen LogP) is 3.57. The molecule has 6 rings (SSSR count). The van der Waals surface area contributed by atoms with Crippen LogP contribution in [0.4, 0.5) is 0 Å². The number of carbonyl (C=O) groups excluding carboxylic acids is 2. The average molecular weight is 522 g/mol. The molecule has 1 amide bonds. The molecule has 3 fully saturated rings. The summed E-state index contributed by atoms with van der Waals surface area (Å²) in [7, 11) is 1.56. The van der Waals surface area contributed by atoms with E-state index in [1.807, 2.05) is 41.8 Å². The van der Waals surface area contributed by atoms with Crippen molar-refractivity contribution < 1.29 is 28.7 Å². The molecule has 0 radical (unpaired) electrons. The maximum atomic E-state index is 13.7. The predicted molar refractivity (Wildman–Crippen MR) is 141 cm³/mol. The third kappa shape index (κ3) is 5.01. The van der Waals surface area contributed by atoms with Gasteiger partial charge >= 0.3 is 5.97 Å². The number of piperidine rings is 3. The Bertz CT molecular complexity index is 1180. The molecule has 2 N–H and O–H groups in total. The molecule has 0 saturated carbocycles. The van der Waals surface area contributed by atoms with Gasteiger partial charge in [0.25, 0.3) is 5.91 Å². The number of methoxy groups -OCH3 is 1. The highest BCUT2D eigenvalue weighted by Crippen LogP contribution is 2.38. The van der Waals surface area contributed by atoms with Gasteiger partial charge in [-0.25, -0.2) is 4.79 Å². The monoisotopic (exact) mass is 521 g/mol. The van der Waals surface area contributed by atoms with Gasteiger partial charge in [0.15, 0.2) is 6.10 Å². The van der Waals surface area contributed by atoms with Crippen LogP contribution in [0.1, 0.15) is 33.6 Å². The van der Waals surface area contributed by atoms with Gasteiger partial charge in [0.1, 0.15) is 17.2 Å². The first-order chi connectivity index (χ1) is 17.9. The summed E-state index contributed by atoms with van der Waals surface area (Å²) in [6.45, 7) is 3.98. The topological polar surface area (TPSA) is 84.9 Å². The summed E-state index contributed by atoms with van der Waals surface area (Å²) in [5.41, 5.74) is -0.904. The van der Waals surface area contributed by atoms with Crippen LogP contribution in [-0.4, -0.2) is 67.4 Å². The highest BCUT2D eigenvalue weighted by atomic mass is 32.1. The zero-order valence-electron chi connectivity index (χ0n) is 21.0. The lowest BCUT2D eigenvalue weighted by Crippen LogP contribution is -2.66. The second-order valence-corrected chi connectivity index (χ2v) is 10.9. The van der Waals surface area contributed by atoms with Gasteiger partial charge in [0.05, 0.1) is 33.3 Å². The van der Waals surface area contributed by atoms with E-state index in [1.165, 1.54) is 11.3 Å². The molecule has 8 heteroatoms. The summed E-state index contributed by atoms with van der Waals surface area (Å²) < 4.78 is 12.2. The van der Waals surface area contributed by atoms with Crippen molar-refractivity contribution in [3.05, 3.63) is 88.1 Å². The van der Waals surface area contributed by atoms with Crippen LogP contribution in [0.15, 0.2) is 72.1 Å². The van der Waals surface area contributed by atoms with Crippen LogP contribution in [0.3, 0.4) is 0 Å². The first-order valence-corrected chi connectivity index (χ1v) is 13.6. The molecule has 7 nitrogen and oxygen atoms in total. The second kappa shape index (κ2) is 10.7. The number of rotatable bonds is 9. The molecule has 3 aliphatic rings. The summed E-state index contributed by atoms with van der Waals surface area (Å²) in [5.74, 6) is 0.102. The van der Waals surface area contributed by atoms with E-state index >= 15 is 0 Å². The van der Waals surface area contributed by atoms with Crippen molar-refractivity contribution in [3.63, 3.8) is 0 Å². The fraction of sp³-hybridized carbons (Fsp3) is 0.379. The standard InChI is InChI=1S/C29H32N2O5S/c1-35-24-14-19-37-26(24)27(32)30-15-18-31-16-12-21(13-17-31)25(20-31)36-28(33)29(34,22-8-4-2-5-9-22)23-10-6-3-7-11-23/h2-11,14,19,21,25,34H,12-13,15-18,20H2,1H3/p+1/t21?,25-,31?/m0/s1. The van der Waals surface area contributed by atoms with Crippen LogP contribution in [-0.2, 0) is 15.1 Å². The highest BCUT2D eigenvalue weighted by Gasteiger charge is 2.50. The Morgan fingerprint density at radius 2 is 1.65 bits per heavy atom. The van der Waals surface area contributed by atoms with Gasteiger partial charge in [-0.05, 0) is 22.6 Å². The van der Waals surface area contributed by atoms with E-state index in [0.29, 0.717) is 34.8 Å². The Labute approximate surface area is 221 Å². The highest BCUT2D eigenvalue weighted by molar-refractivity contribution is 7.12. The largest absolute Gasteiger partial charge is 0.495 e. The number of thiophene rings is 1. The van der Waals surface area contributed by atoms with Gasteiger partial charge in [-0.1, -0.05) is 60.7 Å². The van der Waals surface area contributed by atoms with Gasteiger partial charge in [-0.15, -0.1) is 11.3 Å². The molecule has 3 aromatic rings. The summed E-state index contributed by atoms with van der Waals surface area (Å²) in [4.78, 5) is 26.9. The number of aliphatic hydroxyl groups is 1. The summed E-state index contributed by atoms with van der Waals surface area (Å²) in [5, 5.41) is 16.7. The molecule has 3 saturated heterocycles. The normalized spacial score (nSPS) is 22.9. The number of ether oxygens (including phenoxy) is 2. The van der Waals surface area contributed by atoms with Gasteiger partial charge in [0.2, 0.25) is 5.60 Å². The smallest absolute Gasteiger partial charge is 0.348 e. The number of nitrogens with one attached hydrogen (secondary N) is 1. The lowest BCUT2D eigenvalue weighted by atomic mass is 9.82. The molecule has 0 spiro atoms. The number of quaternary nitrogens is 1. The summed E-state index contributed by atoms with van der Waals surface area (Å²) in [6.07, 6.45) is 1.64. The van der Waals surface area contributed by atoms with Crippen LogP contribution < -0.4 is 10.1 Å². The number of amides is 1.